The Morgan fingerprint density at radius 1 is 0.442 bits per heavy atom. The lowest BCUT2D eigenvalue weighted by molar-refractivity contribution is 0.486. The molecule has 1 aliphatic heterocycles. The van der Waals surface area contributed by atoms with Gasteiger partial charge in [-0.1, -0.05) is 78.9 Å². The maximum atomic E-state index is 6.27. The van der Waals surface area contributed by atoms with Gasteiger partial charge >= 0.3 is 0 Å². The smallest absolute Gasteiger partial charge is 0.235 e. The number of benzene rings is 7. The monoisotopic (exact) mass is 666 g/mol. The number of imidazole rings is 2. The van der Waals surface area contributed by atoms with Crippen LogP contribution < -0.4 is 4.74 Å². The van der Waals surface area contributed by atoms with Gasteiger partial charge in [-0.2, -0.15) is 0 Å². The third-order valence-electron chi connectivity index (χ3n) is 10.5. The third kappa shape index (κ3) is 3.71. The molecule has 5 heterocycles. The molecule has 1 aliphatic rings. The van der Waals surface area contributed by atoms with Crippen molar-refractivity contribution in [3.8, 4) is 45.5 Å². The first-order chi connectivity index (χ1) is 25.8. The van der Waals surface area contributed by atoms with Crippen molar-refractivity contribution in [2.75, 3.05) is 0 Å². The molecule has 0 bridgehead atoms. The first kappa shape index (κ1) is 27.6. The Bertz CT molecular complexity index is 3280. The minimum Gasteiger partial charge on any atom is -0.456 e. The van der Waals surface area contributed by atoms with E-state index >= 15 is 0 Å². The van der Waals surface area contributed by atoms with Gasteiger partial charge in [0.05, 0.1) is 49.7 Å². The van der Waals surface area contributed by atoms with Gasteiger partial charge in [0, 0.05) is 22.0 Å². The van der Waals surface area contributed by atoms with Crippen molar-refractivity contribution in [1.82, 2.24) is 28.5 Å². The summed E-state index contributed by atoms with van der Waals surface area (Å²) in [6, 6.07) is 54.9. The molecule has 0 N–H and O–H groups in total. The fourth-order valence-electron chi connectivity index (χ4n) is 8.17. The van der Waals surface area contributed by atoms with E-state index in [1.807, 2.05) is 48.5 Å². The summed E-state index contributed by atoms with van der Waals surface area (Å²) < 4.78 is 13.0. The van der Waals surface area contributed by atoms with E-state index < -0.39 is 0 Å². The Balaban J connectivity index is 1.08. The van der Waals surface area contributed by atoms with Crippen LogP contribution in [0.3, 0.4) is 0 Å². The molecular weight excluding hydrogens is 641 g/mol. The molecule has 0 unspecified atom stereocenters. The zero-order valence-electron chi connectivity index (χ0n) is 27.6. The van der Waals surface area contributed by atoms with E-state index in [0.717, 1.165) is 100 Å². The minimum atomic E-state index is 0.633. The Kier molecular flexibility index (Phi) is 5.38. The second kappa shape index (κ2) is 10.2. The average Bonchev–Trinajstić information content (AvgIpc) is 3.84. The quantitative estimate of drug-likeness (QED) is 0.188. The first-order valence-electron chi connectivity index (χ1n) is 17.4. The molecule has 12 rings (SSSR count). The molecule has 0 saturated carbocycles. The van der Waals surface area contributed by atoms with Gasteiger partial charge in [-0.3, -0.25) is 13.5 Å². The van der Waals surface area contributed by atoms with Crippen molar-refractivity contribution in [2.24, 2.45) is 0 Å². The van der Waals surface area contributed by atoms with E-state index in [-0.39, 0.29) is 0 Å². The molecule has 11 aromatic rings. The fourth-order valence-corrected chi connectivity index (χ4v) is 8.17. The summed E-state index contributed by atoms with van der Waals surface area (Å²) in [4.78, 5) is 15.5. The highest BCUT2D eigenvalue weighted by Gasteiger charge is 2.25. The lowest BCUT2D eigenvalue weighted by Crippen LogP contribution is -2.06. The van der Waals surface area contributed by atoms with Crippen LogP contribution in [0.5, 0.6) is 11.5 Å². The van der Waals surface area contributed by atoms with Gasteiger partial charge < -0.3 is 4.74 Å². The normalized spacial score (nSPS) is 12.4. The molecule has 0 saturated heterocycles. The van der Waals surface area contributed by atoms with Crippen LogP contribution in [-0.4, -0.2) is 28.5 Å². The van der Waals surface area contributed by atoms with Crippen molar-refractivity contribution >= 4 is 60.6 Å². The number of aromatic nitrogens is 6. The summed E-state index contributed by atoms with van der Waals surface area (Å²) in [5.74, 6) is 3.11. The summed E-state index contributed by atoms with van der Waals surface area (Å²) in [5, 5.41) is 3.22. The molecule has 0 radical (unpaired) electrons. The number of nitrogens with zero attached hydrogens (tertiary/aromatic N) is 6. The molecule has 7 aromatic carbocycles. The van der Waals surface area contributed by atoms with Crippen LogP contribution in [-0.2, 0) is 0 Å². The molecular formula is C45H26N6O. The van der Waals surface area contributed by atoms with Crippen LogP contribution in [0.4, 0.5) is 0 Å². The van der Waals surface area contributed by atoms with Gasteiger partial charge in [0.1, 0.15) is 11.5 Å². The summed E-state index contributed by atoms with van der Waals surface area (Å²) in [6.45, 7) is 0. The zero-order chi connectivity index (χ0) is 33.9. The summed E-state index contributed by atoms with van der Waals surface area (Å²) in [6.07, 6.45) is 0. The van der Waals surface area contributed by atoms with Crippen molar-refractivity contribution in [3.63, 3.8) is 0 Å². The highest BCUT2D eigenvalue weighted by atomic mass is 16.5. The van der Waals surface area contributed by atoms with Crippen molar-refractivity contribution in [2.45, 2.75) is 0 Å². The fraction of sp³-hybridized carbons (Fsp3) is 0. The van der Waals surface area contributed by atoms with Gasteiger partial charge in [-0.15, -0.1) is 0 Å². The maximum Gasteiger partial charge on any atom is 0.235 e. The molecule has 7 nitrogen and oxygen atoms in total. The van der Waals surface area contributed by atoms with Crippen molar-refractivity contribution in [3.05, 3.63) is 158 Å². The number of hydrogen-bond donors (Lipinski definition) is 0. The van der Waals surface area contributed by atoms with Crippen LogP contribution >= 0.6 is 0 Å². The highest BCUT2D eigenvalue weighted by Crippen LogP contribution is 2.45. The maximum absolute atomic E-state index is 6.27. The molecule has 52 heavy (non-hydrogen) atoms. The molecule has 4 aromatic heterocycles. The van der Waals surface area contributed by atoms with E-state index in [4.69, 9.17) is 19.7 Å². The Hall–Kier alpha value is -7.25. The standard InChI is InChI=1S/C45H26N6O/c1-2-11-29(12-3-1)49-38-24-22-28(26-39(38)51-37-18-8-6-15-33(37)47-45(49)51)27-21-23-36-32(25-27)30-13-4-7-17-35(30)50(36)44-46-34-16-10-20-41-42(34)43(48-44)31-14-5-9-19-40(31)52-41/h1-26H. The van der Waals surface area contributed by atoms with Gasteiger partial charge in [-0.25, -0.2) is 15.0 Å². The number of ether oxygens (including phenoxy) is 1. The summed E-state index contributed by atoms with van der Waals surface area (Å²) in [7, 11) is 0. The lowest BCUT2D eigenvalue weighted by Gasteiger charge is -2.20. The van der Waals surface area contributed by atoms with Crippen molar-refractivity contribution < 1.29 is 4.74 Å². The van der Waals surface area contributed by atoms with E-state index in [0.29, 0.717) is 5.95 Å². The molecule has 242 valence electrons. The minimum absolute atomic E-state index is 0.633. The van der Waals surface area contributed by atoms with Gasteiger partial charge in [0.2, 0.25) is 11.7 Å². The van der Waals surface area contributed by atoms with Crippen molar-refractivity contribution in [1.29, 1.82) is 0 Å². The van der Waals surface area contributed by atoms with Crippen LogP contribution in [0.15, 0.2) is 158 Å². The van der Waals surface area contributed by atoms with Crippen LogP contribution in [0, 0.1) is 0 Å². The Morgan fingerprint density at radius 2 is 1.15 bits per heavy atom. The number of rotatable bonds is 3. The Morgan fingerprint density at radius 3 is 2.08 bits per heavy atom. The molecule has 0 atom stereocenters. The number of fused-ring (bicyclic) bond motifs is 10. The second-order valence-corrected chi connectivity index (χ2v) is 13.3. The molecule has 0 fully saturated rings. The van der Waals surface area contributed by atoms with E-state index in [1.54, 1.807) is 0 Å². The molecule has 0 spiro atoms. The highest BCUT2D eigenvalue weighted by molar-refractivity contribution is 6.11. The predicted octanol–water partition coefficient (Wildman–Crippen LogP) is 10.9. The predicted molar refractivity (Wildman–Crippen MR) is 208 cm³/mol. The van der Waals surface area contributed by atoms with E-state index in [2.05, 4.69) is 123 Å². The molecule has 0 amide bonds. The summed E-state index contributed by atoms with van der Waals surface area (Å²) >= 11 is 0. The third-order valence-corrected chi connectivity index (χ3v) is 10.5. The largest absolute Gasteiger partial charge is 0.456 e. The number of hydrogen-bond acceptors (Lipinski definition) is 4. The van der Waals surface area contributed by atoms with Crippen LogP contribution in [0.1, 0.15) is 0 Å². The van der Waals surface area contributed by atoms with Crippen LogP contribution in [0.2, 0.25) is 0 Å². The van der Waals surface area contributed by atoms with Crippen LogP contribution in [0.25, 0.3) is 94.6 Å². The van der Waals surface area contributed by atoms with Gasteiger partial charge in [0.15, 0.2) is 0 Å². The SMILES string of the molecule is c1ccc(-n2c3ccc(-c4ccc5c(c4)c4ccccc4n5-c4nc5c6c(cccc6n4)Oc4ccccc4-5)cc3n3c4ccccc4nc23)cc1. The topological polar surface area (TPSA) is 62.2 Å². The molecule has 0 aliphatic carbocycles. The van der Waals surface area contributed by atoms with Gasteiger partial charge in [-0.05, 0) is 90.0 Å². The first-order valence-corrected chi connectivity index (χ1v) is 17.4. The Labute approximate surface area is 296 Å². The van der Waals surface area contributed by atoms with E-state index in [9.17, 15) is 0 Å². The second-order valence-electron chi connectivity index (χ2n) is 13.3. The van der Waals surface area contributed by atoms with E-state index in [1.165, 1.54) is 0 Å². The van der Waals surface area contributed by atoms with Gasteiger partial charge in [0.25, 0.3) is 0 Å². The lowest BCUT2D eigenvalue weighted by atomic mass is 10.0. The average molecular weight is 667 g/mol. The molecule has 7 heteroatoms. The zero-order valence-corrected chi connectivity index (χ0v) is 27.6. The number of para-hydroxylation sites is 5. The summed E-state index contributed by atoms with van der Waals surface area (Å²) in [5.41, 5.74) is 12.4.